The third-order valence-corrected chi connectivity index (χ3v) is 5.29. The Bertz CT molecular complexity index is 1200. The first kappa shape index (κ1) is 20.3. The normalized spacial score (nSPS) is 11.7. The number of aromatic nitrogens is 1. The number of anilines is 1. The first-order valence-electron chi connectivity index (χ1n) is 7.97. The van der Waals surface area contributed by atoms with Crippen molar-refractivity contribution in [3.05, 3.63) is 77.7 Å². The second-order valence-corrected chi connectivity index (χ2v) is 7.52. The van der Waals surface area contributed by atoms with Crippen molar-refractivity contribution < 1.29 is 26.0 Å². The standard InChI is InChI=1S/C19H11F4N3O2S/c20-16-10-12(3-4-13(16)11-24)18-17(2-1-9-25-18)26-29(27,28)15-7-5-14(6-8-15)19(21,22)23/h1-10,26H. The van der Waals surface area contributed by atoms with Crippen LogP contribution in [0.2, 0.25) is 0 Å². The Labute approximate surface area is 163 Å². The molecule has 1 N–H and O–H groups in total. The average Bonchev–Trinajstić information content (AvgIpc) is 2.67. The number of halogens is 4. The molecule has 0 unspecified atom stereocenters. The third-order valence-electron chi connectivity index (χ3n) is 3.91. The summed E-state index contributed by atoms with van der Waals surface area (Å²) in [5.74, 6) is -0.799. The zero-order valence-corrected chi connectivity index (χ0v) is 15.2. The summed E-state index contributed by atoms with van der Waals surface area (Å²) in [6.07, 6.45) is -3.23. The molecule has 0 aliphatic carbocycles. The molecular formula is C19H11F4N3O2S. The Balaban J connectivity index is 1.97. The highest BCUT2D eigenvalue weighted by Gasteiger charge is 2.30. The quantitative estimate of drug-likeness (QED) is 0.625. The molecule has 2 aromatic carbocycles. The molecule has 0 spiro atoms. The summed E-state index contributed by atoms with van der Waals surface area (Å²) in [4.78, 5) is 3.66. The number of nitrogens with zero attached hydrogens (tertiary/aromatic N) is 2. The van der Waals surface area contributed by atoms with Crippen LogP contribution in [-0.2, 0) is 16.2 Å². The van der Waals surface area contributed by atoms with Gasteiger partial charge in [-0.05, 0) is 48.5 Å². The van der Waals surface area contributed by atoms with E-state index in [1.165, 1.54) is 30.5 Å². The number of pyridine rings is 1. The van der Waals surface area contributed by atoms with E-state index in [9.17, 15) is 26.0 Å². The van der Waals surface area contributed by atoms with Crippen molar-refractivity contribution in [2.24, 2.45) is 0 Å². The van der Waals surface area contributed by atoms with Crippen LogP contribution in [0.15, 0.2) is 65.7 Å². The molecule has 0 bridgehead atoms. The van der Waals surface area contributed by atoms with Crippen molar-refractivity contribution in [1.29, 1.82) is 5.26 Å². The Morgan fingerprint density at radius 2 is 1.72 bits per heavy atom. The zero-order valence-electron chi connectivity index (χ0n) is 14.4. The maximum absolute atomic E-state index is 13.9. The van der Waals surface area contributed by atoms with E-state index in [2.05, 4.69) is 9.71 Å². The topological polar surface area (TPSA) is 82.8 Å². The number of benzene rings is 2. The predicted molar refractivity (Wildman–Crippen MR) is 96.6 cm³/mol. The smallest absolute Gasteiger partial charge is 0.277 e. The number of nitriles is 1. The maximum Gasteiger partial charge on any atom is 0.416 e. The number of sulfonamides is 1. The van der Waals surface area contributed by atoms with Crippen LogP contribution >= 0.6 is 0 Å². The molecule has 5 nitrogen and oxygen atoms in total. The van der Waals surface area contributed by atoms with Crippen molar-refractivity contribution >= 4 is 15.7 Å². The van der Waals surface area contributed by atoms with Crippen LogP contribution in [-0.4, -0.2) is 13.4 Å². The molecule has 0 aliphatic rings. The molecule has 1 heterocycles. The van der Waals surface area contributed by atoms with Gasteiger partial charge in [0.2, 0.25) is 0 Å². The fourth-order valence-electron chi connectivity index (χ4n) is 2.50. The number of rotatable bonds is 4. The van der Waals surface area contributed by atoms with Gasteiger partial charge >= 0.3 is 6.18 Å². The molecule has 0 radical (unpaired) electrons. The van der Waals surface area contributed by atoms with Gasteiger partial charge in [0, 0.05) is 11.8 Å². The lowest BCUT2D eigenvalue weighted by molar-refractivity contribution is -0.137. The fraction of sp³-hybridized carbons (Fsp3) is 0.0526. The van der Waals surface area contributed by atoms with Crippen molar-refractivity contribution in [1.82, 2.24) is 4.98 Å². The summed E-state index contributed by atoms with van der Waals surface area (Å²) < 4.78 is 79.3. The van der Waals surface area contributed by atoms with Gasteiger partial charge in [-0.3, -0.25) is 9.71 Å². The first-order valence-corrected chi connectivity index (χ1v) is 9.45. The summed E-state index contributed by atoms with van der Waals surface area (Å²) in [5, 5.41) is 8.82. The van der Waals surface area contributed by atoms with E-state index < -0.39 is 27.6 Å². The van der Waals surface area contributed by atoms with E-state index >= 15 is 0 Å². The van der Waals surface area contributed by atoms with Crippen LogP contribution in [0.25, 0.3) is 11.3 Å². The average molecular weight is 421 g/mol. The van der Waals surface area contributed by atoms with Crippen molar-refractivity contribution in [3.8, 4) is 17.3 Å². The summed E-state index contributed by atoms with van der Waals surface area (Å²) in [5.41, 5.74) is -0.863. The predicted octanol–water partition coefficient (Wildman–Crippen LogP) is 4.58. The van der Waals surface area contributed by atoms with Crippen LogP contribution in [0.3, 0.4) is 0 Å². The number of nitrogens with one attached hydrogen (secondary N) is 1. The number of hydrogen-bond donors (Lipinski definition) is 1. The van der Waals surface area contributed by atoms with Gasteiger partial charge in [0.1, 0.15) is 11.9 Å². The molecule has 3 aromatic rings. The summed E-state index contributed by atoms with van der Waals surface area (Å²) >= 11 is 0. The van der Waals surface area contributed by atoms with E-state index in [1.807, 2.05) is 0 Å². The second kappa shape index (κ2) is 7.52. The minimum atomic E-state index is -4.59. The van der Waals surface area contributed by atoms with Gasteiger partial charge in [0.25, 0.3) is 10.0 Å². The van der Waals surface area contributed by atoms with E-state index in [0.717, 1.165) is 18.2 Å². The highest BCUT2D eigenvalue weighted by Crippen LogP contribution is 2.31. The number of alkyl halides is 3. The summed E-state index contributed by atoms with van der Waals surface area (Å²) in [6, 6.07) is 11.2. The largest absolute Gasteiger partial charge is 0.416 e. The SMILES string of the molecule is N#Cc1ccc(-c2ncccc2NS(=O)(=O)c2ccc(C(F)(F)F)cc2)cc1F. The highest BCUT2D eigenvalue weighted by atomic mass is 32.2. The Kier molecular flexibility index (Phi) is 5.26. The molecule has 0 aliphatic heterocycles. The molecule has 0 saturated heterocycles. The molecule has 1 aromatic heterocycles. The minimum absolute atomic E-state index is 0.00324. The van der Waals surface area contributed by atoms with Crippen LogP contribution in [0, 0.1) is 17.1 Å². The lowest BCUT2D eigenvalue weighted by Gasteiger charge is -2.13. The third kappa shape index (κ3) is 4.35. The zero-order chi connectivity index (χ0) is 21.2. The van der Waals surface area contributed by atoms with E-state index in [4.69, 9.17) is 5.26 Å². The molecule has 0 fully saturated rings. The van der Waals surface area contributed by atoms with Gasteiger partial charge in [0.05, 0.1) is 27.4 Å². The van der Waals surface area contributed by atoms with Crippen LogP contribution in [0.4, 0.5) is 23.2 Å². The highest BCUT2D eigenvalue weighted by molar-refractivity contribution is 7.92. The molecule has 0 saturated carbocycles. The van der Waals surface area contributed by atoms with Crippen molar-refractivity contribution in [3.63, 3.8) is 0 Å². The fourth-order valence-corrected chi connectivity index (χ4v) is 3.56. The van der Waals surface area contributed by atoms with Gasteiger partial charge in [-0.15, -0.1) is 0 Å². The molecule has 0 atom stereocenters. The molecular weight excluding hydrogens is 410 g/mol. The van der Waals surface area contributed by atoms with Gasteiger partial charge in [-0.25, -0.2) is 12.8 Å². The Morgan fingerprint density at radius 3 is 2.31 bits per heavy atom. The van der Waals surface area contributed by atoms with Crippen LogP contribution in [0.1, 0.15) is 11.1 Å². The molecule has 148 valence electrons. The van der Waals surface area contributed by atoms with Crippen molar-refractivity contribution in [2.45, 2.75) is 11.1 Å². The lowest BCUT2D eigenvalue weighted by Crippen LogP contribution is -2.14. The summed E-state index contributed by atoms with van der Waals surface area (Å²) in [7, 11) is -4.23. The summed E-state index contributed by atoms with van der Waals surface area (Å²) in [6.45, 7) is 0. The maximum atomic E-state index is 13.9. The first-order chi connectivity index (χ1) is 13.6. The Morgan fingerprint density at radius 1 is 1.03 bits per heavy atom. The molecule has 3 rings (SSSR count). The van der Waals surface area contributed by atoms with Crippen molar-refractivity contribution in [2.75, 3.05) is 4.72 Å². The Hall–Kier alpha value is -3.45. The minimum Gasteiger partial charge on any atom is -0.277 e. The van der Waals surface area contributed by atoms with Crippen LogP contribution in [0.5, 0.6) is 0 Å². The van der Waals surface area contributed by atoms with E-state index in [1.54, 1.807) is 6.07 Å². The van der Waals surface area contributed by atoms with E-state index in [0.29, 0.717) is 12.1 Å². The van der Waals surface area contributed by atoms with Crippen LogP contribution < -0.4 is 4.72 Å². The molecule has 10 heteroatoms. The second-order valence-electron chi connectivity index (χ2n) is 5.83. The lowest BCUT2D eigenvalue weighted by atomic mass is 10.1. The monoisotopic (exact) mass is 421 g/mol. The van der Waals surface area contributed by atoms with Gasteiger partial charge in [-0.1, -0.05) is 6.07 Å². The van der Waals surface area contributed by atoms with Gasteiger partial charge in [-0.2, -0.15) is 18.4 Å². The van der Waals surface area contributed by atoms with Gasteiger partial charge in [0.15, 0.2) is 0 Å². The number of hydrogen-bond acceptors (Lipinski definition) is 4. The molecule has 29 heavy (non-hydrogen) atoms. The van der Waals surface area contributed by atoms with Gasteiger partial charge < -0.3 is 0 Å². The van der Waals surface area contributed by atoms with E-state index in [-0.39, 0.29) is 27.4 Å². The molecule has 0 amide bonds.